The van der Waals surface area contributed by atoms with Crippen molar-refractivity contribution >= 4 is 26.0 Å². The van der Waals surface area contributed by atoms with Crippen molar-refractivity contribution < 1.29 is 8.42 Å². The third-order valence-corrected chi connectivity index (χ3v) is 6.02. The van der Waals surface area contributed by atoms with Gasteiger partial charge in [0, 0.05) is 17.6 Å². The van der Waals surface area contributed by atoms with Crippen LogP contribution in [0.5, 0.6) is 0 Å². The fourth-order valence-corrected chi connectivity index (χ4v) is 4.46. The van der Waals surface area contributed by atoms with Gasteiger partial charge in [0.05, 0.1) is 4.90 Å². The summed E-state index contributed by atoms with van der Waals surface area (Å²) < 4.78 is 27.7. The molecule has 1 aliphatic rings. The van der Waals surface area contributed by atoms with Crippen molar-refractivity contribution in [2.45, 2.75) is 30.6 Å². The molecule has 0 spiro atoms. The maximum Gasteiger partial charge on any atom is 0.241 e. The van der Waals surface area contributed by atoms with Crippen LogP contribution >= 0.6 is 15.9 Å². The molecule has 1 aromatic rings. The fourth-order valence-electron chi connectivity index (χ4n) is 2.44. The first-order valence-electron chi connectivity index (χ1n) is 7.06. The molecule has 0 saturated carbocycles. The molecule has 0 aliphatic carbocycles. The smallest absolute Gasteiger partial charge is 0.241 e. The predicted octanol–water partition coefficient (Wildman–Crippen LogP) is 2.60. The molecule has 6 heteroatoms. The number of halogens is 1. The van der Waals surface area contributed by atoms with Crippen LogP contribution in [0.25, 0.3) is 0 Å². The number of hydrogen-bond acceptors (Lipinski definition) is 3. The summed E-state index contributed by atoms with van der Waals surface area (Å²) in [7, 11) is -3.42. The molecule has 1 aliphatic heterocycles. The second kappa shape index (κ2) is 7.54. The van der Waals surface area contributed by atoms with Gasteiger partial charge in [0.15, 0.2) is 0 Å². The van der Waals surface area contributed by atoms with Crippen molar-refractivity contribution in [1.29, 1.82) is 0 Å². The first-order valence-corrected chi connectivity index (χ1v) is 9.34. The molecule has 0 atom stereocenters. The Morgan fingerprint density at radius 3 is 2.40 bits per heavy atom. The molecule has 20 heavy (non-hydrogen) atoms. The first-order chi connectivity index (χ1) is 9.59. The number of nitrogens with one attached hydrogen (secondary N) is 1. The minimum Gasteiger partial charge on any atom is -0.302 e. The van der Waals surface area contributed by atoms with Crippen LogP contribution in [-0.4, -0.2) is 39.5 Å². The van der Waals surface area contributed by atoms with Gasteiger partial charge in [-0.25, -0.2) is 13.1 Å². The molecule has 0 bridgehead atoms. The molecule has 0 radical (unpaired) electrons. The van der Waals surface area contributed by atoms with Crippen molar-refractivity contribution in [3.05, 3.63) is 28.7 Å². The van der Waals surface area contributed by atoms with E-state index >= 15 is 0 Å². The largest absolute Gasteiger partial charge is 0.302 e. The molecule has 2 rings (SSSR count). The zero-order valence-corrected chi connectivity index (χ0v) is 13.9. The van der Waals surface area contributed by atoms with Crippen molar-refractivity contribution in [2.75, 3.05) is 26.2 Å². The average Bonchev–Trinajstić information content (AvgIpc) is 2.67. The lowest BCUT2D eigenvalue weighted by molar-refractivity contribution is 0.290. The molecule has 0 unspecified atom stereocenters. The Kier molecular flexibility index (Phi) is 6.01. The lowest BCUT2D eigenvalue weighted by atomic mass is 10.2. The molecular formula is C14H21BrN2O2S. The number of hydrogen-bond donors (Lipinski definition) is 1. The Morgan fingerprint density at radius 2 is 1.75 bits per heavy atom. The Hall–Kier alpha value is -0.430. The summed E-state index contributed by atoms with van der Waals surface area (Å²) in [5, 5.41) is 0. The van der Waals surface area contributed by atoms with E-state index < -0.39 is 10.0 Å². The molecular weight excluding hydrogens is 340 g/mol. The van der Waals surface area contributed by atoms with Crippen molar-refractivity contribution in [1.82, 2.24) is 9.62 Å². The van der Waals surface area contributed by atoms with Crippen LogP contribution in [0.2, 0.25) is 0 Å². The highest BCUT2D eigenvalue weighted by molar-refractivity contribution is 9.10. The lowest BCUT2D eigenvalue weighted by Gasteiger charge is -2.19. The van der Waals surface area contributed by atoms with Gasteiger partial charge in [0.25, 0.3) is 0 Å². The maximum absolute atomic E-state index is 12.2. The van der Waals surface area contributed by atoms with E-state index in [-0.39, 0.29) is 0 Å². The Balaban J connectivity index is 1.88. The monoisotopic (exact) mass is 360 g/mol. The summed E-state index contributed by atoms with van der Waals surface area (Å²) in [5.74, 6) is 0. The van der Waals surface area contributed by atoms with Gasteiger partial charge in [0.1, 0.15) is 0 Å². The van der Waals surface area contributed by atoms with Gasteiger partial charge in [-0.3, -0.25) is 0 Å². The van der Waals surface area contributed by atoms with Crippen LogP contribution in [0.1, 0.15) is 25.7 Å². The number of likely N-dealkylation sites (tertiary alicyclic amines) is 1. The second-order valence-electron chi connectivity index (χ2n) is 5.08. The van der Waals surface area contributed by atoms with Crippen LogP contribution in [0.4, 0.5) is 0 Å². The molecule has 1 heterocycles. The van der Waals surface area contributed by atoms with Gasteiger partial charge in [-0.1, -0.05) is 25.0 Å². The summed E-state index contributed by atoms with van der Waals surface area (Å²) in [6.45, 7) is 3.40. The normalized spacial score (nSPS) is 17.9. The molecule has 112 valence electrons. The van der Waals surface area contributed by atoms with E-state index in [0.717, 1.165) is 19.6 Å². The highest BCUT2D eigenvalue weighted by Crippen LogP contribution is 2.20. The summed E-state index contributed by atoms with van der Waals surface area (Å²) in [6, 6.07) is 6.89. The van der Waals surface area contributed by atoms with Crippen LogP contribution in [-0.2, 0) is 10.0 Å². The number of benzene rings is 1. The zero-order chi connectivity index (χ0) is 14.4. The number of sulfonamides is 1. The van der Waals surface area contributed by atoms with E-state index in [9.17, 15) is 8.42 Å². The Bertz CT molecular complexity index is 526. The topological polar surface area (TPSA) is 49.4 Å². The molecule has 4 nitrogen and oxygen atoms in total. The zero-order valence-electron chi connectivity index (χ0n) is 11.5. The van der Waals surface area contributed by atoms with E-state index in [0.29, 0.717) is 15.9 Å². The van der Waals surface area contributed by atoms with Crippen molar-refractivity contribution in [3.63, 3.8) is 0 Å². The standard InChI is InChI=1S/C14H21BrN2O2S/c15-13-7-3-4-8-14(13)20(18,19)16-9-12-17-10-5-1-2-6-11-17/h3-4,7-8,16H,1-2,5-6,9-12H2. The quantitative estimate of drug-likeness (QED) is 0.877. The Morgan fingerprint density at radius 1 is 1.10 bits per heavy atom. The predicted molar refractivity (Wildman–Crippen MR) is 84.2 cm³/mol. The van der Waals surface area contributed by atoms with Gasteiger partial charge in [-0.15, -0.1) is 0 Å². The first kappa shape index (κ1) is 15.9. The van der Waals surface area contributed by atoms with Crippen LogP contribution in [0.3, 0.4) is 0 Å². The van der Waals surface area contributed by atoms with E-state index in [1.165, 1.54) is 25.7 Å². The van der Waals surface area contributed by atoms with E-state index in [1.54, 1.807) is 24.3 Å². The third kappa shape index (κ3) is 4.55. The van der Waals surface area contributed by atoms with Crippen molar-refractivity contribution in [3.8, 4) is 0 Å². The Labute approximate surface area is 129 Å². The van der Waals surface area contributed by atoms with Gasteiger partial charge < -0.3 is 4.90 Å². The molecule has 0 amide bonds. The van der Waals surface area contributed by atoms with Gasteiger partial charge in [-0.2, -0.15) is 0 Å². The number of rotatable bonds is 5. The highest BCUT2D eigenvalue weighted by Gasteiger charge is 2.17. The van der Waals surface area contributed by atoms with E-state index in [1.807, 2.05) is 0 Å². The van der Waals surface area contributed by atoms with E-state index in [4.69, 9.17) is 0 Å². The minimum atomic E-state index is -3.42. The molecule has 0 aromatic heterocycles. The van der Waals surface area contributed by atoms with Gasteiger partial charge in [-0.05, 0) is 54.0 Å². The summed E-state index contributed by atoms with van der Waals surface area (Å²) >= 11 is 3.28. The fraction of sp³-hybridized carbons (Fsp3) is 0.571. The van der Waals surface area contributed by atoms with Crippen LogP contribution in [0.15, 0.2) is 33.6 Å². The molecule has 1 fully saturated rings. The summed E-state index contributed by atoms with van der Waals surface area (Å²) in [5.41, 5.74) is 0. The molecule has 1 saturated heterocycles. The second-order valence-corrected chi connectivity index (χ2v) is 7.67. The average molecular weight is 361 g/mol. The molecule has 1 aromatic carbocycles. The molecule has 1 N–H and O–H groups in total. The minimum absolute atomic E-state index is 0.302. The number of nitrogens with zero attached hydrogens (tertiary/aromatic N) is 1. The van der Waals surface area contributed by atoms with Gasteiger partial charge >= 0.3 is 0 Å². The van der Waals surface area contributed by atoms with Crippen LogP contribution in [0, 0.1) is 0 Å². The summed E-state index contributed by atoms with van der Waals surface area (Å²) in [6.07, 6.45) is 5.02. The summed E-state index contributed by atoms with van der Waals surface area (Å²) in [4.78, 5) is 2.64. The lowest BCUT2D eigenvalue weighted by Crippen LogP contribution is -2.35. The van der Waals surface area contributed by atoms with Crippen LogP contribution < -0.4 is 4.72 Å². The maximum atomic E-state index is 12.2. The van der Waals surface area contributed by atoms with Gasteiger partial charge in [0.2, 0.25) is 10.0 Å². The highest BCUT2D eigenvalue weighted by atomic mass is 79.9. The van der Waals surface area contributed by atoms with E-state index in [2.05, 4.69) is 25.6 Å². The SMILES string of the molecule is O=S(=O)(NCCN1CCCCCC1)c1ccccc1Br. The third-order valence-electron chi connectivity index (χ3n) is 3.54. The van der Waals surface area contributed by atoms with Crippen molar-refractivity contribution in [2.24, 2.45) is 0 Å².